The van der Waals surface area contributed by atoms with Crippen molar-refractivity contribution in [2.75, 3.05) is 0 Å². The van der Waals surface area contributed by atoms with Crippen LogP contribution < -0.4 is 0 Å². The molecule has 1 aromatic heterocycles. The van der Waals surface area contributed by atoms with Crippen molar-refractivity contribution in [1.82, 2.24) is 0 Å². The first-order chi connectivity index (χ1) is 8.61. The maximum Gasteiger partial charge on any atom is 0.219 e. The Balaban J connectivity index is 2.32. The first-order valence-corrected chi connectivity index (χ1v) is 5.68. The van der Waals surface area contributed by atoms with Gasteiger partial charge < -0.3 is 4.42 Å². The van der Waals surface area contributed by atoms with Gasteiger partial charge in [-0.3, -0.25) is 4.79 Å². The third-order valence-corrected chi connectivity index (χ3v) is 2.79. The molecule has 0 aliphatic heterocycles. The van der Waals surface area contributed by atoms with E-state index < -0.39 is 5.92 Å². The SMILES string of the molecule is Cc1ccc(C(C#N)C(=O)c2ccc(C)o2)cc1. The third kappa shape index (κ3) is 2.33. The molecule has 2 aromatic rings. The predicted molar refractivity (Wildman–Crippen MR) is 67.3 cm³/mol. The van der Waals surface area contributed by atoms with Crippen molar-refractivity contribution >= 4 is 5.78 Å². The van der Waals surface area contributed by atoms with Crippen molar-refractivity contribution in [3.63, 3.8) is 0 Å². The molecule has 0 saturated heterocycles. The lowest BCUT2D eigenvalue weighted by molar-refractivity contribution is 0.0950. The zero-order valence-corrected chi connectivity index (χ0v) is 10.3. The van der Waals surface area contributed by atoms with E-state index >= 15 is 0 Å². The van der Waals surface area contributed by atoms with Crippen LogP contribution in [0, 0.1) is 25.2 Å². The zero-order chi connectivity index (χ0) is 13.1. The van der Waals surface area contributed by atoms with E-state index in [4.69, 9.17) is 4.42 Å². The second kappa shape index (κ2) is 4.89. The highest BCUT2D eigenvalue weighted by molar-refractivity contribution is 6.00. The number of carbonyl (C=O) groups excluding carboxylic acids is 1. The number of rotatable bonds is 3. The highest BCUT2D eigenvalue weighted by atomic mass is 16.3. The van der Waals surface area contributed by atoms with E-state index in [-0.39, 0.29) is 11.5 Å². The van der Waals surface area contributed by atoms with Crippen molar-refractivity contribution < 1.29 is 9.21 Å². The van der Waals surface area contributed by atoms with Gasteiger partial charge in [0.1, 0.15) is 11.7 Å². The van der Waals surface area contributed by atoms with E-state index in [1.54, 1.807) is 31.2 Å². The molecule has 1 atom stereocenters. The lowest BCUT2D eigenvalue weighted by Gasteiger charge is -2.06. The smallest absolute Gasteiger partial charge is 0.219 e. The third-order valence-electron chi connectivity index (χ3n) is 2.79. The molecular weight excluding hydrogens is 226 g/mol. The first kappa shape index (κ1) is 12.1. The second-order valence-corrected chi connectivity index (χ2v) is 4.25. The second-order valence-electron chi connectivity index (χ2n) is 4.25. The van der Waals surface area contributed by atoms with Crippen LogP contribution >= 0.6 is 0 Å². The van der Waals surface area contributed by atoms with E-state index in [9.17, 15) is 10.1 Å². The summed E-state index contributed by atoms with van der Waals surface area (Å²) >= 11 is 0. The summed E-state index contributed by atoms with van der Waals surface area (Å²) in [6.07, 6.45) is 0. The highest BCUT2D eigenvalue weighted by Crippen LogP contribution is 2.22. The molecule has 0 radical (unpaired) electrons. The Bertz CT molecular complexity index is 602. The average Bonchev–Trinajstić information content (AvgIpc) is 2.79. The molecule has 0 bridgehead atoms. The number of Topliss-reactive ketones (excluding diaryl/α,β-unsaturated/α-hetero) is 1. The molecule has 18 heavy (non-hydrogen) atoms. The largest absolute Gasteiger partial charge is 0.458 e. The molecule has 0 aliphatic carbocycles. The van der Waals surface area contributed by atoms with Gasteiger partial charge in [-0.2, -0.15) is 5.26 Å². The summed E-state index contributed by atoms with van der Waals surface area (Å²) in [5.74, 6) is -0.204. The fraction of sp³-hybridized carbons (Fsp3) is 0.200. The van der Waals surface area contributed by atoms with Gasteiger partial charge in [0.2, 0.25) is 5.78 Å². The van der Waals surface area contributed by atoms with Gasteiger partial charge in [-0.25, -0.2) is 0 Å². The van der Waals surface area contributed by atoms with Gasteiger partial charge in [-0.05, 0) is 31.5 Å². The Hall–Kier alpha value is -2.34. The lowest BCUT2D eigenvalue weighted by atomic mass is 9.94. The molecule has 0 fully saturated rings. The fourth-order valence-corrected chi connectivity index (χ4v) is 1.75. The first-order valence-electron chi connectivity index (χ1n) is 5.68. The minimum absolute atomic E-state index is 0.236. The van der Waals surface area contributed by atoms with Crippen LogP contribution in [-0.4, -0.2) is 5.78 Å². The Morgan fingerprint density at radius 3 is 2.33 bits per heavy atom. The number of nitrogens with zero attached hydrogens (tertiary/aromatic N) is 1. The van der Waals surface area contributed by atoms with Gasteiger partial charge in [-0.15, -0.1) is 0 Å². The number of nitriles is 1. The fourth-order valence-electron chi connectivity index (χ4n) is 1.75. The number of hydrogen-bond donors (Lipinski definition) is 0. The Labute approximate surface area is 106 Å². The van der Waals surface area contributed by atoms with Gasteiger partial charge >= 0.3 is 0 Å². The number of hydrogen-bond acceptors (Lipinski definition) is 3. The topological polar surface area (TPSA) is 54.0 Å². The van der Waals surface area contributed by atoms with Gasteiger partial charge in [0.15, 0.2) is 5.76 Å². The molecule has 1 unspecified atom stereocenters. The molecule has 1 heterocycles. The molecular formula is C15H13NO2. The van der Waals surface area contributed by atoms with Crippen molar-refractivity contribution in [1.29, 1.82) is 5.26 Å². The van der Waals surface area contributed by atoms with Crippen molar-refractivity contribution in [2.45, 2.75) is 19.8 Å². The number of aryl methyl sites for hydroxylation is 2. The van der Waals surface area contributed by atoms with E-state index in [0.29, 0.717) is 11.3 Å². The summed E-state index contributed by atoms with van der Waals surface area (Å²) in [4.78, 5) is 12.2. The predicted octanol–water partition coefficient (Wildman–Crippen LogP) is 3.39. The van der Waals surface area contributed by atoms with Crippen LogP contribution in [0.3, 0.4) is 0 Å². The maximum absolute atomic E-state index is 12.2. The normalized spacial score (nSPS) is 11.8. The number of benzene rings is 1. The minimum Gasteiger partial charge on any atom is -0.458 e. The van der Waals surface area contributed by atoms with Gasteiger partial charge in [-0.1, -0.05) is 29.8 Å². The van der Waals surface area contributed by atoms with Gasteiger partial charge in [0.25, 0.3) is 0 Å². The summed E-state index contributed by atoms with van der Waals surface area (Å²) in [7, 11) is 0. The quantitative estimate of drug-likeness (QED) is 0.771. The maximum atomic E-state index is 12.2. The van der Waals surface area contributed by atoms with Crippen LogP contribution in [0.2, 0.25) is 0 Å². The summed E-state index contributed by atoms with van der Waals surface area (Å²) in [6.45, 7) is 3.73. The summed E-state index contributed by atoms with van der Waals surface area (Å²) in [5.41, 5.74) is 1.79. The molecule has 0 spiro atoms. The molecule has 90 valence electrons. The lowest BCUT2D eigenvalue weighted by Crippen LogP contribution is -2.10. The highest BCUT2D eigenvalue weighted by Gasteiger charge is 2.24. The van der Waals surface area contributed by atoms with E-state index in [1.165, 1.54) is 0 Å². The van der Waals surface area contributed by atoms with Gasteiger partial charge in [0, 0.05) is 0 Å². The number of carbonyl (C=O) groups is 1. The van der Waals surface area contributed by atoms with Crippen molar-refractivity contribution in [2.24, 2.45) is 0 Å². The molecule has 3 nitrogen and oxygen atoms in total. The van der Waals surface area contributed by atoms with Crippen molar-refractivity contribution in [3.8, 4) is 6.07 Å². The van der Waals surface area contributed by atoms with Crippen LogP contribution in [0.15, 0.2) is 40.8 Å². The van der Waals surface area contributed by atoms with Crippen LogP contribution in [0.1, 0.15) is 33.4 Å². The van der Waals surface area contributed by atoms with Crippen molar-refractivity contribution in [3.05, 3.63) is 59.0 Å². The Kier molecular flexibility index (Phi) is 3.29. The molecule has 0 aliphatic rings. The van der Waals surface area contributed by atoms with Crippen LogP contribution in [0.4, 0.5) is 0 Å². The Morgan fingerprint density at radius 1 is 1.17 bits per heavy atom. The molecule has 3 heteroatoms. The number of furan rings is 1. The Morgan fingerprint density at radius 2 is 1.83 bits per heavy atom. The van der Waals surface area contributed by atoms with E-state index in [0.717, 1.165) is 5.56 Å². The van der Waals surface area contributed by atoms with Crippen LogP contribution in [0.25, 0.3) is 0 Å². The zero-order valence-electron chi connectivity index (χ0n) is 10.3. The van der Waals surface area contributed by atoms with E-state index in [2.05, 4.69) is 0 Å². The molecule has 0 saturated carbocycles. The molecule has 1 aromatic carbocycles. The van der Waals surface area contributed by atoms with Gasteiger partial charge in [0.05, 0.1) is 6.07 Å². The summed E-state index contributed by atoms with van der Waals surface area (Å²) in [6, 6.07) is 12.7. The molecule has 0 amide bonds. The van der Waals surface area contributed by atoms with Crippen LogP contribution in [0.5, 0.6) is 0 Å². The summed E-state index contributed by atoms with van der Waals surface area (Å²) in [5, 5.41) is 9.17. The summed E-state index contributed by atoms with van der Waals surface area (Å²) < 4.78 is 5.27. The average molecular weight is 239 g/mol. The molecule has 0 N–H and O–H groups in total. The van der Waals surface area contributed by atoms with Crippen LogP contribution in [-0.2, 0) is 0 Å². The number of ketones is 1. The van der Waals surface area contributed by atoms with E-state index in [1.807, 2.05) is 25.1 Å². The minimum atomic E-state index is -0.809. The standard InChI is InChI=1S/C15H13NO2/c1-10-3-6-12(7-4-10)13(9-16)15(17)14-8-5-11(2)18-14/h3-8,13H,1-2H3. The molecule has 2 rings (SSSR count). The monoisotopic (exact) mass is 239 g/mol.